The van der Waals surface area contributed by atoms with Gasteiger partial charge in [0.2, 0.25) is 5.31 Å². The quantitative estimate of drug-likeness (QED) is 0.282. The average molecular weight is 457 g/mol. The lowest BCUT2D eigenvalue weighted by molar-refractivity contribution is -0.134. The summed E-state index contributed by atoms with van der Waals surface area (Å²) in [4.78, 5) is 23.6. The van der Waals surface area contributed by atoms with E-state index in [1.54, 1.807) is 66.7 Å². The van der Waals surface area contributed by atoms with Crippen molar-refractivity contribution in [3.8, 4) is 0 Å². The van der Waals surface area contributed by atoms with E-state index in [1.165, 1.54) is 18.2 Å². The second-order valence-corrected chi connectivity index (χ2v) is 11.3. The van der Waals surface area contributed by atoms with E-state index in [9.17, 15) is 32.8 Å². The van der Waals surface area contributed by atoms with Gasteiger partial charge in [0.05, 0.1) is 11.0 Å². The molecule has 0 heterocycles. The van der Waals surface area contributed by atoms with Gasteiger partial charge in [-0.1, -0.05) is 42.5 Å². The molecule has 0 aliphatic carbocycles. The van der Waals surface area contributed by atoms with E-state index in [2.05, 4.69) is 0 Å². The highest BCUT2D eigenvalue weighted by atomic mass is 32.2. The highest BCUT2D eigenvalue weighted by Gasteiger charge is 2.53. The molecule has 0 saturated carbocycles. The smallest absolute Gasteiger partial charge is 0.372 e. The highest BCUT2D eigenvalue weighted by molar-refractivity contribution is 7.99. The minimum Gasteiger partial charge on any atom is -0.478 e. The van der Waals surface area contributed by atoms with Gasteiger partial charge in [0, 0.05) is 6.07 Å². The van der Waals surface area contributed by atoms with E-state index < -0.39 is 34.2 Å². The molecular formula is C22H18O7PS+. The third-order valence-corrected chi connectivity index (χ3v) is 9.72. The molecule has 0 fully saturated rings. The molecule has 0 radical (unpaired) electrons. The molecule has 0 atom stereocenters. The van der Waals surface area contributed by atoms with Gasteiger partial charge in [-0.2, -0.15) is 8.42 Å². The lowest BCUT2D eigenvalue weighted by atomic mass is 10.3. The summed E-state index contributed by atoms with van der Waals surface area (Å²) in [6.07, 6.45) is 0.649. The van der Waals surface area contributed by atoms with Gasteiger partial charge in [-0.25, -0.2) is 9.59 Å². The molecule has 7 nitrogen and oxygen atoms in total. The molecule has 0 amide bonds. The zero-order valence-electron chi connectivity index (χ0n) is 16.0. The van der Waals surface area contributed by atoms with Crippen LogP contribution in [-0.4, -0.2) is 35.1 Å². The molecule has 0 saturated heterocycles. The fraction of sp³-hybridized carbons (Fsp3) is 0. The van der Waals surface area contributed by atoms with Gasteiger partial charge >= 0.3 is 11.9 Å². The molecule has 3 aromatic carbocycles. The summed E-state index contributed by atoms with van der Waals surface area (Å²) in [7, 11) is -7.95. The van der Waals surface area contributed by atoms with Gasteiger partial charge in [-0.3, -0.25) is 4.55 Å². The standard InChI is InChI=1S/C22H17O7PS/c23-21(24)15-20(22(25)26)30(16-8-3-1-4-9-16,17-10-5-2-6-11-17)18-12-7-13-19(14-18)31(27,28)29/h1-15H,(H2-,23,24,25,26,27,28,29)/p+1/b20-15-. The van der Waals surface area contributed by atoms with Gasteiger partial charge in [0.1, 0.15) is 15.9 Å². The predicted molar refractivity (Wildman–Crippen MR) is 118 cm³/mol. The van der Waals surface area contributed by atoms with Gasteiger partial charge in [-0.05, 0) is 36.4 Å². The van der Waals surface area contributed by atoms with E-state index >= 15 is 0 Å². The van der Waals surface area contributed by atoms with Crippen molar-refractivity contribution in [1.82, 2.24) is 0 Å². The lowest BCUT2D eigenvalue weighted by Crippen LogP contribution is -2.35. The van der Waals surface area contributed by atoms with Gasteiger partial charge < -0.3 is 10.2 Å². The van der Waals surface area contributed by atoms with Crippen LogP contribution in [0.2, 0.25) is 0 Å². The van der Waals surface area contributed by atoms with Crippen molar-refractivity contribution in [3.05, 3.63) is 96.3 Å². The van der Waals surface area contributed by atoms with Crippen molar-refractivity contribution in [2.24, 2.45) is 0 Å². The first-order valence-corrected chi connectivity index (χ1v) is 12.2. The molecule has 0 aliphatic heterocycles. The fourth-order valence-corrected chi connectivity index (χ4v) is 8.25. The van der Waals surface area contributed by atoms with E-state index in [1.807, 2.05) is 0 Å². The number of aliphatic carboxylic acids is 2. The van der Waals surface area contributed by atoms with Crippen LogP contribution in [0, 0.1) is 0 Å². The number of carboxylic acids is 2. The van der Waals surface area contributed by atoms with Crippen LogP contribution in [-0.2, 0) is 19.7 Å². The van der Waals surface area contributed by atoms with Crippen LogP contribution in [0.3, 0.4) is 0 Å². The van der Waals surface area contributed by atoms with E-state index in [4.69, 9.17) is 0 Å². The SMILES string of the molecule is O=C(O)/C=C(/C(=O)O)[P+](c1ccccc1)(c1ccccc1)c1cccc(S(=O)(=O)O)c1. The molecule has 0 unspecified atom stereocenters. The molecular weight excluding hydrogens is 439 g/mol. The molecule has 0 aliphatic rings. The van der Waals surface area contributed by atoms with Gasteiger partial charge in [-0.15, -0.1) is 0 Å². The number of hydrogen-bond acceptors (Lipinski definition) is 4. The number of benzene rings is 3. The van der Waals surface area contributed by atoms with E-state index in [0.29, 0.717) is 16.7 Å². The average Bonchev–Trinajstić information content (AvgIpc) is 2.74. The molecule has 3 rings (SSSR count). The van der Waals surface area contributed by atoms with Gasteiger partial charge in [0.25, 0.3) is 10.1 Å². The molecule has 0 bridgehead atoms. The van der Waals surface area contributed by atoms with Crippen LogP contribution >= 0.6 is 7.26 Å². The highest BCUT2D eigenvalue weighted by Crippen LogP contribution is 2.62. The molecule has 158 valence electrons. The maximum absolute atomic E-state index is 12.4. The zero-order valence-corrected chi connectivity index (χ0v) is 17.7. The summed E-state index contributed by atoms with van der Waals surface area (Å²) in [6, 6.07) is 22.3. The first kappa shape index (κ1) is 22.4. The van der Waals surface area contributed by atoms with Crippen molar-refractivity contribution < 1.29 is 32.8 Å². The van der Waals surface area contributed by atoms with E-state index in [0.717, 1.165) is 0 Å². The number of carbonyl (C=O) groups is 2. The Labute approximate surface area is 179 Å². The summed E-state index contributed by atoms with van der Waals surface area (Å²) >= 11 is 0. The van der Waals surface area contributed by atoms with Crippen molar-refractivity contribution in [2.75, 3.05) is 0 Å². The Morgan fingerprint density at radius 2 is 1.23 bits per heavy atom. The lowest BCUT2D eigenvalue weighted by Gasteiger charge is -2.27. The zero-order chi connectivity index (χ0) is 22.6. The molecule has 3 N–H and O–H groups in total. The summed E-state index contributed by atoms with van der Waals surface area (Å²) in [5, 5.41) is 20.5. The van der Waals surface area contributed by atoms with Crippen molar-refractivity contribution in [2.45, 2.75) is 4.90 Å². The Balaban J connectivity index is 2.57. The molecule has 0 aromatic heterocycles. The van der Waals surface area contributed by atoms with Crippen molar-refractivity contribution in [1.29, 1.82) is 0 Å². The largest absolute Gasteiger partial charge is 0.478 e. The topological polar surface area (TPSA) is 129 Å². The molecule has 3 aromatic rings. The molecule has 31 heavy (non-hydrogen) atoms. The Bertz CT molecular complexity index is 1210. The first-order chi connectivity index (χ1) is 14.7. The third-order valence-electron chi connectivity index (χ3n) is 4.63. The van der Waals surface area contributed by atoms with E-state index in [-0.39, 0.29) is 10.6 Å². The minimum absolute atomic E-state index is 0.273. The predicted octanol–water partition coefficient (Wildman–Crippen LogP) is 2.28. The summed E-state index contributed by atoms with van der Waals surface area (Å²) in [5.74, 6) is -2.89. The van der Waals surface area contributed by atoms with Crippen LogP contribution in [0.25, 0.3) is 0 Å². The number of hydrogen-bond donors (Lipinski definition) is 3. The van der Waals surface area contributed by atoms with Crippen molar-refractivity contribution in [3.63, 3.8) is 0 Å². The molecule has 0 spiro atoms. The van der Waals surface area contributed by atoms with Crippen LogP contribution in [0.1, 0.15) is 0 Å². The monoisotopic (exact) mass is 457 g/mol. The minimum atomic E-state index is -4.58. The Hall–Kier alpha value is -3.32. The number of rotatable bonds is 7. The van der Waals surface area contributed by atoms with Crippen LogP contribution in [0.4, 0.5) is 0 Å². The normalized spacial score (nSPS) is 12.4. The van der Waals surface area contributed by atoms with Crippen molar-refractivity contribution >= 4 is 45.2 Å². The summed E-state index contributed by atoms with van der Waals surface area (Å²) < 4.78 is 33.2. The Morgan fingerprint density at radius 1 is 0.742 bits per heavy atom. The summed E-state index contributed by atoms with van der Waals surface area (Å²) in [5.41, 5.74) is 0. The summed E-state index contributed by atoms with van der Waals surface area (Å²) in [6.45, 7) is 0. The fourth-order valence-electron chi connectivity index (χ4n) is 3.44. The number of carboxylic acid groups (broad SMARTS) is 2. The van der Waals surface area contributed by atoms with Crippen LogP contribution < -0.4 is 15.9 Å². The van der Waals surface area contributed by atoms with Crippen LogP contribution in [0.5, 0.6) is 0 Å². The van der Waals surface area contributed by atoms with Crippen LogP contribution in [0.15, 0.2) is 101 Å². The molecule has 9 heteroatoms. The Kier molecular flexibility index (Phi) is 6.36. The maximum atomic E-state index is 12.4. The Morgan fingerprint density at radius 3 is 1.65 bits per heavy atom. The second-order valence-electron chi connectivity index (χ2n) is 6.49. The maximum Gasteiger partial charge on any atom is 0.372 e. The first-order valence-electron chi connectivity index (χ1n) is 8.94. The third kappa shape index (κ3) is 4.41. The second kappa shape index (κ2) is 8.81. The van der Waals surface area contributed by atoms with Gasteiger partial charge in [0.15, 0.2) is 7.26 Å².